The van der Waals surface area contributed by atoms with Crippen LogP contribution >= 0.6 is 0 Å². The van der Waals surface area contributed by atoms with Crippen molar-refractivity contribution in [3.05, 3.63) is 35.9 Å². The Hall–Kier alpha value is -2.12. The minimum Gasteiger partial charge on any atom is -0.444 e. The van der Waals surface area contributed by atoms with Crippen LogP contribution < -0.4 is 11.1 Å². The molecule has 4 N–H and O–H groups in total. The molecular weight excluding hydrogens is 346 g/mol. The summed E-state index contributed by atoms with van der Waals surface area (Å²) >= 11 is 0. The third-order valence-corrected chi connectivity index (χ3v) is 4.58. The molecule has 0 aromatic heterocycles. The molecule has 1 aliphatic rings. The van der Waals surface area contributed by atoms with Crippen LogP contribution in [0.15, 0.2) is 30.3 Å². The maximum Gasteiger partial charge on any atom is 0.407 e. The molecule has 1 aromatic rings. The van der Waals surface area contributed by atoms with Gasteiger partial charge < -0.3 is 20.9 Å². The number of primary amides is 1. The maximum absolute atomic E-state index is 12.2. The van der Waals surface area contributed by atoms with Crippen LogP contribution in [-0.4, -0.2) is 58.9 Å². The average Bonchev–Trinajstić information content (AvgIpc) is 3.01. The van der Waals surface area contributed by atoms with Crippen molar-refractivity contribution in [3.63, 3.8) is 0 Å². The molecule has 7 nitrogen and oxygen atoms in total. The van der Waals surface area contributed by atoms with Crippen molar-refractivity contribution in [2.75, 3.05) is 13.1 Å². The van der Waals surface area contributed by atoms with Gasteiger partial charge in [0, 0.05) is 6.54 Å². The Balaban J connectivity index is 2.07. The van der Waals surface area contributed by atoms with Gasteiger partial charge in [0.05, 0.1) is 18.2 Å². The molecule has 27 heavy (non-hydrogen) atoms. The van der Waals surface area contributed by atoms with Crippen molar-refractivity contribution < 1.29 is 19.4 Å². The Morgan fingerprint density at radius 2 is 2.00 bits per heavy atom. The quantitative estimate of drug-likeness (QED) is 0.667. The fourth-order valence-electron chi connectivity index (χ4n) is 3.34. The van der Waals surface area contributed by atoms with Gasteiger partial charge >= 0.3 is 6.09 Å². The Morgan fingerprint density at radius 3 is 2.59 bits per heavy atom. The standard InChI is InChI=1S/C20H31N3O4/c1-20(2,3)27-19(26)22-15(12-14-8-5-4-6-9-14)17(24)13-23-11-7-10-16(23)18(21)25/h4-6,8-9,15-17,24H,7,10-13H2,1-3H3,(H2,21,25)(H,22,26)/t15-,16?,17-/m1/s1. The Labute approximate surface area is 160 Å². The van der Waals surface area contributed by atoms with Crippen molar-refractivity contribution >= 4 is 12.0 Å². The predicted octanol–water partition coefficient (Wildman–Crippen LogP) is 1.43. The van der Waals surface area contributed by atoms with Gasteiger partial charge in [0.25, 0.3) is 0 Å². The predicted molar refractivity (Wildman–Crippen MR) is 103 cm³/mol. The van der Waals surface area contributed by atoms with E-state index in [1.54, 1.807) is 20.8 Å². The lowest BCUT2D eigenvalue weighted by atomic mass is 10.0. The van der Waals surface area contributed by atoms with Crippen molar-refractivity contribution in [2.24, 2.45) is 5.73 Å². The van der Waals surface area contributed by atoms with Crippen molar-refractivity contribution in [1.29, 1.82) is 0 Å². The van der Waals surface area contributed by atoms with Crippen LogP contribution in [0.25, 0.3) is 0 Å². The molecule has 1 saturated heterocycles. The number of aliphatic hydroxyl groups is 1. The molecule has 1 aromatic carbocycles. The van der Waals surface area contributed by atoms with Crippen molar-refractivity contribution in [3.8, 4) is 0 Å². The topological polar surface area (TPSA) is 105 Å². The van der Waals surface area contributed by atoms with E-state index in [4.69, 9.17) is 10.5 Å². The second-order valence-corrected chi connectivity index (χ2v) is 8.07. The summed E-state index contributed by atoms with van der Waals surface area (Å²) in [6.45, 7) is 6.33. The number of amides is 2. The van der Waals surface area contributed by atoms with Crippen LogP contribution in [-0.2, 0) is 16.0 Å². The summed E-state index contributed by atoms with van der Waals surface area (Å²) in [5.41, 5.74) is 5.83. The zero-order chi connectivity index (χ0) is 20.0. The highest BCUT2D eigenvalue weighted by Gasteiger charge is 2.33. The molecule has 0 radical (unpaired) electrons. The van der Waals surface area contributed by atoms with Gasteiger partial charge in [-0.15, -0.1) is 0 Å². The lowest BCUT2D eigenvalue weighted by Gasteiger charge is -2.31. The number of alkyl carbamates (subject to hydrolysis) is 1. The lowest BCUT2D eigenvalue weighted by molar-refractivity contribution is -0.122. The van der Waals surface area contributed by atoms with Gasteiger partial charge in [0.1, 0.15) is 5.60 Å². The number of ether oxygens (including phenoxy) is 1. The fraction of sp³-hybridized carbons (Fsp3) is 0.600. The number of aliphatic hydroxyl groups excluding tert-OH is 1. The van der Waals surface area contributed by atoms with Crippen molar-refractivity contribution in [2.45, 2.75) is 63.8 Å². The minimum absolute atomic E-state index is 0.265. The second kappa shape index (κ2) is 9.19. The largest absolute Gasteiger partial charge is 0.444 e. The first-order valence-corrected chi connectivity index (χ1v) is 9.40. The number of nitrogens with one attached hydrogen (secondary N) is 1. The van der Waals surface area contributed by atoms with E-state index in [1.165, 1.54) is 0 Å². The Morgan fingerprint density at radius 1 is 1.33 bits per heavy atom. The summed E-state index contributed by atoms with van der Waals surface area (Å²) < 4.78 is 5.34. The normalized spacial score (nSPS) is 20.1. The number of nitrogens with two attached hydrogens (primary N) is 1. The fourth-order valence-corrected chi connectivity index (χ4v) is 3.34. The summed E-state index contributed by atoms with van der Waals surface area (Å²) in [6.07, 6.45) is 0.581. The second-order valence-electron chi connectivity index (χ2n) is 8.07. The molecule has 2 amide bonds. The monoisotopic (exact) mass is 377 g/mol. The third kappa shape index (κ3) is 6.84. The average molecular weight is 377 g/mol. The number of rotatable bonds is 7. The zero-order valence-electron chi connectivity index (χ0n) is 16.4. The number of nitrogens with zero attached hydrogens (tertiary/aromatic N) is 1. The SMILES string of the molecule is CC(C)(C)OC(=O)N[C@H](Cc1ccccc1)[C@H](O)CN1CCCC1C(N)=O. The van der Waals surface area contributed by atoms with E-state index in [1.807, 2.05) is 35.2 Å². The van der Waals surface area contributed by atoms with E-state index >= 15 is 0 Å². The molecule has 2 rings (SSSR count). The van der Waals surface area contributed by atoms with Gasteiger partial charge in [-0.2, -0.15) is 0 Å². The van der Waals surface area contributed by atoms with E-state index in [2.05, 4.69) is 5.32 Å². The number of hydrogen-bond donors (Lipinski definition) is 3. The van der Waals surface area contributed by atoms with Crippen LogP contribution in [0.5, 0.6) is 0 Å². The summed E-state index contributed by atoms with van der Waals surface area (Å²) in [7, 11) is 0. The van der Waals surface area contributed by atoms with E-state index in [9.17, 15) is 14.7 Å². The third-order valence-electron chi connectivity index (χ3n) is 4.58. The van der Waals surface area contributed by atoms with Gasteiger partial charge in [0.2, 0.25) is 5.91 Å². The Kier molecular flexibility index (Phi) is 7.21. The van der Waals surface area contributed by atoms with E-state index in [-0.39, 0.29) is 18.5 Å². The molecule has 0 aliphatic carbocycles. The Bertz CT molecular complexity index is 630. The van der Waals surface area contributed by atoms with Crippen LogP contribution in [0, 0.1) is 0 Å². The van der Waals surface area contributed by atoms with Crippen molar-refractivity contribution in [1.82, 2.24) is 10.2 Å². The van der Waals surface area contributed by atoms with Gasteiger partial charge in [-0.05, 0) is 52.1 Å². The highest BCUT2D eigenvalue weighted by Crippen LogP contribution is 2.19. The van der Waals surface area contributed by atoms with Crippen LogP contribution in [0.3, 0.4) is 0 Å². The molecule has 1 aliphatic heterocycles. The van der Waals surface area contributed by atoms with Crippen LogP contribution in [0.2, 0.25) is 0 Å². The van der Waals surface area contributed by atoms with E-state index in [0.717, 1.165) is 12.0 Å². The number of likely N-dealkylation sites (tertiary alicyclic amines) is 1. The number of carbonyl (C=O) groups excluding carboxylic acids is 2. The zero-order valence-corrected chi connectivity index (χ0v) is 16.4. The molecule has 0 saturated carbocycles. The van der Waals surface area contributed by atoms with E-state index < -0.39 is 23.8 Å². The molecule has 3 atom stereocenters. The molecule has 0 bridgehead atoms. The van der Waals surface area contributed by atoms with Gasteiger partial charge in [-0.3, -0.25) is 9.69 Å². The molecule has 7 heteroatoms. The summed E-state index contributed by atoms with van der Waals surface area (Å²) in [5.74, 6) is -0.376. The van der Waals surface area contributed by atoms with Gasteiger partial charge in [-0.25, -0.2) is 4.79 Å². The molecule has 0 spiro atoms. The summed E-state index contributed by atoms with van der Waals surface area (Å²) in [5, 5.41) is 13.6. The molecule has 1 fully saturated rings. The summed E-state index contributed by atoms with van der Waals surface area (Å²) in [6, 6.07) is 8.72. The smallest absolute Gasteiger partial charge is 0.407 e. The van der Waals surface area contributed by atoms with Gasteiger partial charge in [-0.1, -0.05) is 30.3 Å². The first-order chi connectivity index (χ1) is 12.7. The minimum atomic E-state index is -0.863. The van der Waals surface area contributed by atoms with E-state index in [0.29, 0.717) is 19.4 Å². The number of β-amino-alcohol motifs (C(OH)–C–C–N with tert-alkyl or cyclic N) is 1. The highest BCUT2D eigenvalue weighted by molar-refractivity contribution is 5.80. The van der Waals surface area contributed by atoms with Crippen LogP contribution in [0.1, 0.15) is 39.2 Å². The first-order valence-electron chi connectivity index (χ1n) is 9.40. The molecule has 1 unspecified atom stereocenters. The number of hydrogen-bond acceptors (Lipinski definition) is 5. The summed E-state index contributed by atoms with van der Waals surface area (Å²) in [4.78, 5) is 25.7. The first kappa shape index (κ1) is 21.2. The maximum atomic E-state index is 12.2. The molecule has 1 heterocycles. The van der Waals surface area contributed by atoms with Gasteiger partial charge in [0.15, 0.2) is 0 Å². The highest BCUT2D eigenvalue weighted by atomic mass is 16.6. The molecule has 150 valence electrons. The molecular formula is C20H31N3O4. The number of carbonyl (C=O) groups is 2. The lowest BCUT2D eigenvalue weighted by Crippen LogP contribution is -2.52. The van der Waals surface area contributed by atoms with Crippen LogP contribution in [0.4, 0.5) is 4.79 Å². The number of benzene rings is 1.